The Morgan fingerprint density at radius 2 is 1.93 bits per heavy atom. The molecule has 1 heterocycles. The van der Waals surface area contributed by atoms with Crippen molar-refractivity contribution in [3.63, 3.8) is 0 Å². The van der Waals surface area contributed by atoms with E-state index in [-0.39, 0.29) is 11.0 Å². The SMILES string of the molecule is Cc1nc(N(C)C)sc1C1(N)CC1(C)C. The lowest BCUT2D eigenvalue weighted by atomic mass is 10.0. The van der Waals surface area contributed by atoms with Crippen LogP contribution in [0.25, 0.3) is 0 Å². The second-order valence-corrected chi connectivity index (χ2v) is 6.31. The highest BCUT2D eigenvalue weighted by atomic mass is 32.1. The zero-order valence-corrected chi connectivity index (χ0v) is 10.9. The summed E-state index contributed by atoms with van der Waals surface area (Å²) in [4.78, 5) is 7.85. The maximum atomic E-state index is 6.41. The van der Waals surface area contributed by atoms with E-state index in [4.69, 9.17) is 5.73 Å². The summed E-state index contributed by atoms with van der Waals surface area (Å²) in [5.41, 5.74) is 7.60. The predicted octanol–water partition coefficient (Wildman–Crippen LogP) is 2.10. The van der Waals surface area contributed by atoms with Crippen LogP contribution in [0.4, 0.5) is 5.13 Å². The molecule has 2 rings (SSSR count). The van der Waals surface area contributed by atoms with E-state index in [0.29, 0.717) is 0 Å². The number of hydrogen-bond donors (Lipinski definition) is 1. The number of hydrogen-bond acceptors (Lipinski definition) is 4. The fourth-order valence-corrected chi connectivity index (χ4v) is 3.30. The molecule has 1 aliphatic rings. The van der Waals surface area contributed by atoms with Gasteiger partial charge in [0.05, 0.1) is 11.2 Å². The average molecular weight is 225 g/mol. The summed E-state index contributed by atoms with van der Waals surface area (Å²) in [7, 11) is 4.03. The molecule has 1 unspecified atom stereocenters. The van der Waals surface area contributed by atoms with Crippen LogP contribution >= 0.6 is 11.3 Å². The third-order valence-electron chi connectivity index (χ3n) is 3.38. The average Bonchev–Trinajstić information content (AvgIpc) is 2.46. The van der Waals surface area contributed by atoms with E-state index in [1.165, 1.54) is 4.88 Å². The molecule has 1 fully saturated rings. The minimum Gasteiger partial charge on any atom is -0.354 e. The quantitative estimate of drug-likeness (QED) is 0.838. The summed E-state index contributed by atoms with van der Waals surface area (Å²) >= 11 is 1.73. The Balaban J connectivity index is 2.39. The van der Waals surface area contributed by atoms with Gasteiger partial charge in [0.15, 0.2) is 5.13 Å². The second kappa shape index (κ2) is 2.95. The monoisotopic (exact) mass is 225 g/mol. The predicted molar refractivity (Wildman–Crippen MR) is 65.4 cm³/mol. The van der Waals surface area contributed by atoms with E-state index in [9.17, 15) is 0 Å². The number of aryl methyl sites for hydroxylation is 1. The molecule has 0 aromatic carbocycles. The number of nitrogens with two attached hydrogens (primary N) is 1. The summed E-state index contributed by atoms with van der Waals surface area (Å²) < 4.78 is 0. The molecule has 15 heavy (non-hydrogen) atoms. The van der Waals surface area contributed by atoms with Gasteiger partial charge in [0.1, 0.15) is 0 Å². The molecule has 0 saturated heterocycles. The smallest absolute Gasteiger partial charge is 0.185 e. The van der Waals surface area contributed by atoms with Crippen LogP contribution in [0.1, 0.15) is 30.8 Å². The van der Waals surface area contributed by atoms with E-state index < -0.39 is 0 Å². The highest BCUT2D eigenvalue weighted by Gasteiger charge is 2.61. The van der Waals surface area contributed by atoms with Gasteiger partial charge in [0.25, 0.3) is 0 Å². The van der Waals surface area contributed by atoms with Gasteiger partial charge in [-0.1, -0.05) is 25.2 Å². The van der Waals surface area contributed by atoms with Gasteiger partial charge in [-0.3, -0.25) is 0 Å². The maximum Gasteiger partial charge on any atom is 0.185 e. The van der Waals surface area contributed by atoms with Crippen LogP contribution in [0.3, 0.4) is 0 Å². The lowest BCUT2D eigenvalue weighted by Crippen LogP contribution is -2.25. The lowest BCUT2D eigenvalue weighted by molar-refractivity contribution is 0.514. The van der Waals surface area contributed by atoms with Crippen LogP contribution in [0, 0.1) is 12.3 Å². The minimum absolute atomic E-state index is 0.136. The standard InChI is InChI=1S/C11H19N3S/c1-7-8(11(12)6-10(11,2)3)15-9(13-7)14(4)5/h6,12H2,1-5H3. The van der Waals surface area contributed by atoms with Crippen LogP contribution in [0.5, 0.6) is 0 Å². The molecule has 0 radical (unpaired) electrons. The van der Waals surface area contributed by atoms with Gasteiger partial charge in [-0.05, 0) is 18.8 Å². The summed E-state index contributed by atoms with van der Waals surface area (Å²) in [6.45, 7) is 6.50. The molecule has 0 aliphatic heterocycles. The van der Waals surface area contributed by atoms with Crippen molar-refractivity contribution in [1.29, 1.82) is 0 Å². The minimum atomic E-state index is -0.136. The van der Waals surface area contributed by atoms with Gasteiger partial charge in [0, 0.05) is 19.0 Å². The van der Waals surface area contributed by atoms with Gasteiger partial charge in [-0.25, -0.2) is 4.98 Å². The molecule has 3 nitrogen and oxygen atoms in total. The molecular formula is C11H19N3S. The van der Waals surface area contributed by atoms with E-state index in [2.05, 4.69) is 25.8 Å². The Kier molecular flexibility index (Phi) is 2.14. The zero-order valence-electron chi connectivity index (χ0n) is 10.1. The van der Waals surface area contributed by atoms with Crippen molar-refractivity contribution in [2.24, 2.45) is 11.1 Å². The third kappa shape index (κ3) is 1.47. The fourth-order valence-electron chi connectivity index (χ4n) is 2.03. The van der Waals surface area contributed by atoms with Crippen molar-refractivity contribution >= 4 is 16.5 Å². The first kappa shape index (κ1) is 10.9. The summed E-state index contributed by atoms with van der Waals surface area (Å²) in [5, 5.41) is 1.05. The van der Waals surface area contributed by atoms with Gasteiger partial charge in [-0.2, -0.15) is 0 Å². The van der Waals surface area contributed by atoms with E-state index in [1.807, 2.05) is 19.0 Å². The van der Waals surface area contributed by atoms with Crippen molar-refractivity contribution in [2.75, 3.05) is 19.0 Å². The molecule has 1 aromatic heterocycles. The van der Waals surface area contributed by atoms with Crippen LogP contribution in [-0.2, 0) is 5.54 Å². The molecule has 0 bridgehead atoms. The largest absolute Gasteiger partial charge is 0.354 e. The highest BCUT2D eigenvalue weighted by molar-refractivity contribution is 7.16. The van der Waals surface area contributed by atoms with Gasteiger partial charge < -0.3 is 10.6 Å². The van der Waals surface area contributed by atoms with E-state index in [1.54, 1.807) is 11.3 Å². The maximum absolute atomic E-state index is 6.41. The van der Waals surface area contributed by atoms with Crippen molar-refractivity contribution in [3.05, 3.63) is 10.6 Å². The fraction of sp³-hybridized carbons (Fsp3) is 0.727. The molecule has 1 aromatic rings. The van der Waals surface area contributed by atoms with Gasteiger partial charge in [0.2, 0.25) is 0 Å². The summed E-state index contributed by atoms with van der Waals surface area (Å²) in [5.74, 6) is 0. The molecule has 0 spiro atoms. The van der Waals surface area contributed by atoms with Crippen molar-refractivity contribution in [3.8, 4) is 0 Å². The first-order valence-corrected chi connectivity index (χ1v) is 6.04. The topological polar surface area (TPSA) is 42.2 Å². The summed E-state index contributed by atoms with van der Waals surface area (Å²) in [6, 6.07) is 0. The number of aromatic nitrogens is 1. The first-order chi connectivity index (χ1) is 6.78. The second-order valence-electron chi connectivity index (χ2n) is 5.34. The Morgan fingerprint density at radius 3 is 2.27 bits per heavy atom. The van der Waals surface area contributed by atoms with E-state index in [0.717, 1.165) is 17.2 Å². The highest BCUT2D eigenvalue weighted by Crippen LogP contribution is 2.62. The number of anilines is 1. The number of nitrogens with zero attached hydrogens (tertiary/aromatic N) is 2. The molecule has 4 heteroatoms. The van der Waals surface area contributed by atoms with Gasteiger partial charge >= 0.3 is 0 Å². The van der Waals surface area contributed by atoms with Crippen LogP contribution in [0.15, 0.2) is 0 Å². The van der Waals surface area contributed by atoms with Crippen LogP contribution in [-0.4, -0.2) is 19.1 Å². The van der Waals surface area contributed by atoms with Crippen LogP contribution < -0.4 is 10.6 Å². The Hall–Kier alpha value is -0.610. The number of thiazole rings is 1. The molecule has 0 amide bonds. The molecule has 1 aliphatic carbocycles. The normalized spacial score (nSPS) is 27.9. The first-order valence-electron chi connectivity index (χ1n) is 5.22. The molecule has 84 valence electrons. The van der Waals surface area contributed by atoms with Crippen LogP contribution in [0.2, 0.25) is 0 Å². The zero-order chi connectivity index (χ0) is 11.4. The molecular weight excluding hydrogens is 206 g/mol. The summed E-state index contributed by atoms with van der Waals surface area (Å²) in [6.07, 6.45) is 1.07. The Bertz CT molecular complexity index is 395. The van der Waals surface area contributed by atoms with Crippen molar-refractivity contribution < 1.29 is 0 Å². The van der Waals surface area contributed by atoms with E-state index >= 15 is 0 Å². The molecule has 2 N–H and O–H groups in total. The molecule has 1 atom stereocenters. The lowest BCUT2D eigenvalue weighted by Gasteiger charge is -2.13. The molecule has 1 saturated carbocycles. The van der Waals surface area contributed by atoms with Crippen molar-refractivity contribution in [2.45, 2.75) is 32.7 Å². The van der Waals surface area contributed by atoms with Crippen molar-refractivity contribution in [1.82, 2.24) is 4.98 Å². The third-order valence-corrected chi connectivity index (χ3v) is 4.88. The Morgan fingerprint density at radius 1 is 1.40 bits per heavy atom. The van der Waals surface area contributed by atoms with Gasteiger partial charge in [-0.15, -0.1) is 0 Å². The number of rotatable bonds is 2. The Labute approximate surface area is 95.3 Å².